The minimum absolute atomic E-state index is 0. The van der Waals surface area contributed by atoms with Crippen LogP contribution >= 0.6 is 23.7 Å². The molecule has 2 aromatic rings. The second-order valence-electron chi connectivity index (χ2n) is 12.1. The molecule has 1 saturated carbocycles. The summed E-state index contributed by atoms with van der Waals surface area (Å²) < 4.78 is 33.9. The Kier molecular flexibility index (Phi) is 8.29. The standard InChI is InChI=1S/C28H37N3O5S2.ClH/c1-6-30-12-11-21-22(15-30)37-25(23(21)26(33)36-5)29-24(32)18-7-9-20(10-8-18)38(34,35)31-17-28(4)14-19(31)13-27(2,3)16-28;/h7-10,19H,6,11-17H2,1-5H3,(H,29,32);1H. The molecule has 8 nitrogen and oxygen atoms in total. The zero-order valence-electron chi connectivity index (χ0n) is 23.2. The van der Waals surface area contributed by atoms with E-state index in [0.29, 0.717) is 22.7 Å². The molecule has 1 aliphatic carbocycles. The summed E-state index contributed by atoms with van der Waals surface area (Å²) in [5.74, 6) is -0.853. The summed E-state index contributed by atoms with van der Waals surface area (Å²) in [5, 5.41) is 3.36. The molecule has 2 atom stereocenters. The molecule has 1 saturated heterocycles. The van der Waals surface area contributed by atoms with Gasteiger partial charge in [0.05, 0.1) is 17.6 Å². The first-order valence-corrected chi connectivity index (χ1v) is 15.5. The molecule has 214 valence electrons. The van der Waals surface area contributed by atoms with Gasteiger partial charge < -0.3 is 10.1 Å². The minimum Gasteiger partial charge on any atom is -0.465 e. The van der Waals surface area contributed by atoms with E-state index in [-0.39, 0.29) is 34.2 Å². The average Bonchev–Trinajstić information content (AvgIpc) is 3.35. The lowest BCUT2D eigenvalue weighted by atomic mass is 9.65. The average molecular weight is 596 g/mol. The lowest BCUT2D eigenvalue weighted by molar-refractivity contribution is 0.0600. The molecule has 0 spiro atoms. The van der Waals surface area contributed by atoms with Crippen LogP contribution in [0.4, 0.5) is 5.00 Å². The molecule has 3 heterocycles. The summed E-state index contributed by atoms with van der Waals surface area (Å²) in [6.45, 7) is 11.8. The van der Waals surface area contributed by atoms with E-state index in [1.54, 1.807) is 16.4 Å². The number of sulfonamides is 1. The van der Waals surface area contributed by atoms with Gasteiger partial charge in [-0.2, -0.15) is 4.31 Å². The van der Waals surface area contributed by atoms with Gasteiger partial charge in [-0.05, 0) is 72.9 Å². The lowest BCUT2D eigenvalue weighted by Crippen LogP contribution is -2.37. The van der Waals surface area contributed by atoms with Crippen LogP contribution < -0.4 is 5.32 Å². The number of likely N-dealkylation sites (N-methyl/N-ethyl adjacent to an activating group) is 1. The fraction of sp³-hybridized carbons (Fsp3) is 0.571. The predicted octanol–water partition coefficient (Wildman–Crippen LogP) is 5.18. The van der Waals surface area contributed by atoms with Crippen LogP contribution in [-0.4, -0.2) is 62.3 Å². The second kappa shape index (κ2) is 10.8. The van der Waals surface area contributed by atoms with E-state index in [9.17, 15) is 18.0 Å². The summed E-state index contributed by atoms with van der Waals surface area (Å²) in [4.78, 5) is 29.3. The van der Waals surface area contributed by atoms with Crippen LogP contribution in [0.3, 0.4) is 0 Å². The highest BCUT2D eigenvalue weighted by molar-refractivity contribution is 7.89. The Morgan fingerprint density at radius 2 is 1.85 bits per heavy atom. The van der Waals surface area contributed by atoms with Crippen LogP contribution in [0.5, 0.6) is 0 Å². The van der Waals surface area contributed by atoms with Crippen molar-refractivity contribution in [1.29, 1.82) is 0 Å². The van der Waals surface area contributed by atoms with Crippen LogP contribution in [0, 0.1) is 10.8 Å². The van der Waals surface area contributed by atoms with Crippen molar-refractivity contribution in [3.8, 4) is 0 Å². The van der Waals surface area contributed by atoms with Crippen LogP contribution in [0.25, 0.3) is 0 Å². The van der Waals surface area contributed by atoms with Crippen LogP contribution in [-0.2, 0) is 27.7 Å². The number of amides is 1. The summed E-state index contributed by atoms with van der Waals surface area (Å²) in [6.07, 6.45) is 3.48. The Labute approximate surface area is 241 Å². The van der Waals surface area contributed by atoms with E-state index >= 15 is 0 Å². The van der Waals surface area contributed by atoms with Crippen LogP contribution in [0.2, 0.25) is 0 Å². The Morgan fingerprint density at radius 3 is 2.49 bits per heavy atom. The zero-order valence-corrected chi connectivity index (χ0v) is 25.7. The number of esters is 1. The third-order valence-electron chi connectivity index (χ3n) is 8.29. The number of ether oxygens (including phenoxy) is 1. The molecule has 11 heteroatoms. The normalized spacial score (nSPS) is 24.5. The Morgan fingerprint density at radius 1 is 1.15 bits per heavy atom. The second-order valence-corrected chi connectivity index (χ2v) is 15.1. The number of rotatable bonds is 6. The summed E-state index contributed by atoms with van der Waals surface area (Å²) in [7, 11) is -2.33. The first-order valence-electron chi connectivity index (χ1n) is 13.2. The molecule has 39 heavy (non-hydrogen) atoms. The molecule has 2 bridgehead atoms. The lowest BCUT2D eigenvalue weighted by Gasteiger charge is -2.39. The van der Waals surface area contributed by atoms with Crippen molar-refractivity contribution < 1.29 is 22.7 Å². The molecule has 1 aromatic carbocycles. The Hall–Kier alpha value is -1.98. The number of halogens is 1. The van der Waals surface area contributed by atoms with Gasteiger partial charge in [-0.15, -0.1) is 23.7 Å². The van der Waals surface area contributed by atoms with Crippen molar-refractivity contribution in [1.82, 2.24) is 9.21 Å². The van der Waals surface area contributed by atoms with Gasteiger partial charge in [-0.3, -0.25) is 9.69 Å². The van der Waals surface area contributed by atoms with E-state index in [0.717, 1.165) is 55.8 Å². The van der Waals surface area contributed by atoms with E-state index in [1.807, 2.05) is 0 Å². The topological polar surface area (TPSA) is 96.0 Å². The number of hydrogen-bond acceptors (Lipinski definition) is 7. The third-order valence-corrected chi connectivity index (χ3v) is 11.3. The highest BCUT2D eigenvalue weighted by Gasteiger charge is 2.53. The summed E-state index contributed by atoms with van der Waals surface area (Å²) in [6, 6.07) is 6.11. The number of nitrogens with zero attached hydrogens (tertiary/aromatic N) is 2. The maximum atomic E-state index is 13.6. The fourth-order valence-electron chi connectivity index (χ4n) is 6.91. The highest BCUT2D eigenvalue weighted by atomic mass is 35.5. The molecular weight excluding hydrogens is 558 g/mol. The van der Waals surface area contributed by atoms with Crippen molar-refractivity contribution in [2.24, 2.45) is 10.8 Å². The van der Waals surface area contributed by atoms with Gasteiger partial charge in [0.25, 0.3) is 5.91 Å². The minimum atomic E-state index is -3.68. The first-order chi connectivity index (χ1) is 17.9. The quantitative estimate of drug-likeness (QED) is 0.463. The number of carbonyl (C=O) groups is 2. The number of nitrogens with one attached hydrogen (secondary N) is 1. The van der Waals surface area contributed by atoms with Crippen LogP contribution in [0.15, 0.2) is 29.2 Å². The molecular formula is C28H38ClN3O5S2. The van der Waals surface area contributed by atoms with Gasteiger partial charge in [-0.25, -0.2) is 13.2 Å². The number of methoxy groups -OCH3 is 1. The van der Waals surface area contributed by atoms with Gasteiger partial charge in [-0.1, -0.05) is 27.7 Å². The number of thiophene rings is 1. The molecule has 1 amide bonds. The number of anilines is 1. The zero-order chi connectivity index (χ0) is 27.5. The number of carbonyl (C=O) groups excluding carboxylic acids is 2. The molecule has 0 radical (unpaired) electrons. The fourth-order valence-corrected chi connectivity index (χ4v) is 9.96. The Balaban J connectivity index is 0.00000353. The maximum absolute atomic E-state index is 13.6. The van der Waals surface area contributed by atoms with E-state index < -0.39 is 21.9 Å². The molecule has 2 fully saturated rings. The van der Waals surface area contributed by atoms with Crippen molar-refractivity contribution in [2.75, 3.05) is 32.1 Å². The molecule has 1 aromatic heterocycles. The first kappa shape index (κ1) is 30.0. The van der Waals surface area contributed by atoms with Crippen molar-refractivity contribution in [2.45, 2.75) is 70.9 Å². The third kappa shape index (κ3) is 5.63. The smallest absolute Gasteiger partial charge is 0.341 e. The Bertz CT molecular complexity index is 1370. The van der Waals surface area contributed by atoms with Gasteiger partial charge in [0.2, 0.25) is 10.0 Å². The predicted molar refractivity (Wildman–Crippen MR) is 155 cm³/mol. The van der Waals surface area contributed by atoms with Crippen molar-refractivity contribution >= 4 is 50.6 Å². The van der Waals surface area contributed by atoms with Crippen LogP contribution in [0.1, 0.15) is 78.1 Å². The van der Waals surface area contributed by atoms with E-state index in [1.165, 1.54) is 30.6 Å². The van der Waals surface area contributed by atoms with Gasteiger partial charge in [0.15, 0.2) is 0 Å². The largest absolute Gasteiger partial charge is 0.465 e. The molecule has 3 aliphatic rings. The van der Waals surface area contributed by atoms with E-state index in [4.69, 9.17) is 4.74 Å². The number of fused-ring (bicyclic) bond motifs is 3. The van der Waals surface area contributed by atoms with Crippen molar-refractivity contribution in [3.05, 3.63) is 45.8 Å². The molecule has 2 unspecified atom stereocenters. The summed E-state index contributed by atoms with van der Waals surface area (Å²) in [5.41, 5.74) is 1.80. The van der Waals surface area contributed by atoms with E-state index in [2.05, 4.69) is 37.9 Å². The number of benzene rings is 1. The van der Waals surface area contributed by atoms with Gasteiger partial charge in [0.1, 0.15) is 5.00 Å². The van der Waals surface area contributed by atoms with Gasteiger partial charge >= 0.3 is 5.97 Å². The van der Waals surface area contributed by atoms with Crippen molar-refractivity contribution in [3.63, 3.8) is 0 Å². The monoisotopic (exact) mass is 595 g/mol. The SMILES string of the molecule is CCN1CCc2c(sc(NC(=O)c3ccc(S(=O)(=O)N4CC5(C)CC4CC(C)(C)C5)cc3)c2C(=O)OC)C1.Cl. The molecule has 5 rings (SSSR count). The molecule has 2 aliphatic heterocycles. The summed E-state index contributed by atoms with van der Waals surface area (Å²) >= 11 is 1.40. The maximum Gasteiger partial charge on any atom is 0.341 e. The highest BCUT2D eigenvalue weighted by Crippen LogP contribution is 2.53. The molecule has 1 N–H and O–H groups in total. The van der Waals surface area contributed by atoms with Gasteiger partial charge in [0, 0.05) is 36.1 Å². The number of hydrogen-bond donors (Lipinski definition) is 1.